The molecule has 0 aliphatic heterocycles. The molecule has 4 N–H and O–H groups in total. The summed E-state index contributed by atoms with van der Waals surface area (Å²) < 4.78 is 5.71. The van der Waals surface area contributed by atoms with E-state index in [0.29, 0.717) is 12.0 Å². The van der Waals surface area contributed by atoms with Crippen molar-refractivity contribution < 1.29 is 24.8 Å². The minimum Gasteiger partial charge on any atom is -0.508 e. The van der Waals surface area contributed by atoms with Crippen molar-refractivity contribution in [1.82, 2.24) is 0 Å². The van der Waals surface area contributed by atoms with Crippen LogP contribution in [-0.4, -0.2) is 20.4 Å². The van der Waals surface area contributed by atoms with Crippen molar-refractivity contribution in [2.24, 2.45) is 11.3 Å². The Bertz CT molecular complexity index is 1250. The largest absolute Gasteiger partial charge is 0.508 e. The highest BCUT2D eigenvalue weighted by molar-refractivity contribution is 5.89. The Hall–Kier alpha value is -3.41. The van der Waals surface area contributed by atoms with Crippen molar-refractivity contribution in [3.63, 3.8) is 0 Å². The van der Waals surface area contributed by atoms with E-state index in [0.717, 1.165) is 12.8 Å². The number of allylic oxidation sites excluding steroid dienone is 2. The summed E-state index contributed by atoms with van der Waals surface area (Å²) in [7, 11) is 0. The highest BCUT2D eigenvalue weighted by Gasteiger charge is 2.34. The smallest absolute Gasteiger partial charge is 0.238 e. The molecule has 1 aliphatic carbocycles. The van der Waals surface area contributed by atoms with E-state index in [4.69, 9.17) is 4.42 Å². The van der Waals surface area contributed by atoms with Crippen LogP contribution in [0.15, 0.2) is 51.2 Å². The fourth-order valence-corrected chi connectivity index (χ4v) is 4.61. The molecule has 0 radical (unpaired) electrons. The lowest BCUT2D eigenvalue weighted by molar-refractivity contribution is 0.211. The Morgan fingerprint density at radius 3 is 2.39 bits per heavy atom. The van der Waals surface area contributed by atoms with E-state index in [2.05, 4.69) is 19.9 Å². The molecule has 0 saturated heterocycles. The number of rotatable bonds is 3. The lowest BCUT2D eigenvalue weighted by atomic mass is 9.66. The zero-order chi connectivity index (χ0) is 22.5. The van der Waals surface area contributed by atoms with E-state index >= 15 is 0 Å². The van der Waals surface area contributed by atoms with Crippen LogP contribution in [0.5, 0.6) is 23.0 Å². The molecule has 1 atom stereocenters. The summed E-state index contributed by atoms with van der Waals surface area (Å²) in [4.78, 5) is 12.9. The SMILES string of the molecule is CC1=CCCC(C)(C)[C@H]1Cc1c(O)cc2oc(-c3ccc(O)cc3)c(O)c(=O)c2c1O. The van der Waals surface area contributed by atoms with E-state index in [9.17, 15) is 25.2 Å². The Morgan fingerprint density at radius 2 is 1.74 bits per heavy atom. The number of hydrogen-bond donors (Lipinski definition) is 4. The first kappa shape index (κ1) is 20.8. The molecule has 6 heteroatoms. The molecular formula is C25H26O6. The minimum absolute atomic E-state index is 0.0256. The normalized spacial score (nSPS) is 18.2. The van der Waals surface area contributed by atoms with E-state index in [-0.39, 0.29) is 50.9 Å². The van der Waals surface area contributed by atoms with E-state index in [1.54, 1.807) is 0 Å². The van der Waals surface area contributed by atoms with Crippen LogP contribution in [-0.2, 0) is 6.42 Å². The van der Waals surface area contributed by atoms with Crippen molar-refractivity contribution in [2.45, 2.75) is 40.0 Å². The van der Waals surface area contributed by atoms with Crippen LogP contribution in [0.4, 0.5) is 0 Å². The highest BCUT2D eigenvalue weighted by atomic mass is 16.4. The average Bonchev–Trinajstić information content (AvgIpc) is 2.70. The maximum atomic E-state index is 12.9. The van der Waals surface area contributed by atoms with Gasteiger partial charge in [-0.15, -0.1) is 0 Å². The van der Waals surface area contributed by atoms with Gasteiger partial charge in [-0.25, -0.2) is 0 Å². The van der Waals surface area contributed by atoms with Gasteiger partial charge in [0.15, 0.2) is 5.76 Å². The maximum absolute atomic E-state index is 12.9. The van der Waals surface area contributed by atoms with Gasteiger partial charge in [0, 0.05) is 17.2 Å². The van der Waals surface area contributed by atoms with Gasteiger partial charge >= 0.3 is 0 Å². The van der Waals surface area contributed by atoms with Gasteiger partial charge in [0.2, 0.25) is 11.2 Å². The van der Waals surface area contributed by atoms with E-state index in [1.807, 2.05) is 6.92 Å². The topological polar surface area (TPSA) is 111 Å². The second-order valence-electron chi connectivity index (χ2n) is 8.98. The van der Waals surface area contributed by atoms with Gasteiger partial charge in [0.25, 0.3) is 0 Å². The van der Waals surface area contributed by atoms with Gasteiger partial charge in [-0.05, 0) is 61.8 Å². The van der Waals surface area contributed by atoms with Crippen LogP contribution < -0.4 is 5.43 Å². The monoisotopic (exact) mass is 422 g/mol. The van der Waals surface area contributed by atoms with Crippen LogP contribution >= 0.6 is 0 Å². The Balaban J connectivity index is 1.87. The number of fused-ring (bicyclic) bond motifs is 1. The molecule has 3 aromatic rings. The van der Waals surface area contributed by atoms with E-state index in [1.165, 1.54) is 35.9 Å². The van der Waals surface area contributed by atoms with Gasteiger partial charge in [-0.2, -0.15) is 0 Å². The number of phenolic OH excluding ortho intramolecular Hbond substituents is 3. The standard InChI is InChI=1S/C25H26O6/c1-13-5-4-10-25(2,3)17(13)11-16-18(27)12-19-20(21(16)28)22(29)23(30)24(31-19)14-6-8-15(26)9-7-14/h5-9,12,17,26-28,30H,4,10-11H2,1-3H3/t17-/m0/s1. The van der Waals surface area contributed by atoms with Gasteiger partial charge in [0.1, 0.15) is 28.2 Å². The van der Waals surface area contributed by atoms with Gasteiger partial charge in [-0.3, -0.25) is 4.79 Å². The van der Waals surface area contributed by atoms with Crippen molar-refractivity contribution in [2.75, 3.05) is 0 Å². The number of benzene rings is 2. The zero-order valence-electron chi connectivity index (χ0n) is 17.8. The number of aromatic hydroxyl groups is 4. The van der Waals surface area contributed by atoms with Crippen molar-refractivity contribution in [3.05, 3.63) is 57.8 Å². The van der Waals surface area contributed by atoms with Crippen LogP contribution in [0.1, 0.15) is 39.2 Å². The molecule has 1 heterocycles. The molecule has 0 unspecified atom stereocenters. The molecule has 162 valence electrons. The predicted molar refractivity (Wildman–Crippen MR) is 119 cm³/mol. The summed E-state index contributed by atoms with van der Waals surface area (Å²) in [5.74, 6) is -1.15. The summed E-state index contributed by atoms with van der Waals surface area (Å²) in [6.45, 7) is 6.37. The van der Waals surface area contributed by atoms with Gasteiger partial charge < -0.3 is 24.8 Å². The molecular weight excluding hydrogens is 396 g/mol. The van der Waals surface area contributed by atoms with E-state index < -0.39 is 11.2 Å². The van der Waals surface area contributed by atoms with Crippen molar-refractivity contribution >= 4 is 11.0 Å². The zero-order valence-corrected chi connectivity index (χ0v) is 17.8. The summed E-state index contributed by atoms with van der Waals surface area (Å²) in [6.07, 6.45) is 4.52. The van der Waals surface area contributed by atoms with Crippen LogP contribution in [0, 0.1) is 11.3 Å². The third-order valence-electron chi connectivity index (χ3n) is 6.50. The molecule has 0 fully saturated rings. The average molecular weight is 422 g/mol. The third kappa shape index (κ3) is 3.52. The molecule has 0 spiro atoms. The maximum Gasteiger partial charge on any atom is 0.238 e. The fraction of sp³-hybridized carbons (Fsp3) is 0.320. The van der Waals surface area contributed by atoms with Crippen molar-refractivity contribution in [1.29, 1.82) is 0 Å². The number of hydrogen-bond acceptors (Lipinski definition) is 6. The Morgan fingerprint density at radius 1 is 1.06 bits per heavy atom. The van der Waals surface area contributed by atoms with Crippen LogP contribution in [0.3, 0.4) is 0 Å². The molecule has 0 saturated carbocycles. The first-order valence-electron chi connectivity index (χ1n) is 10.3. The Labute approximate surface area is 179 Å². The number of phenols is 3. The molecule has 1 aliphatic rings. The second-order valence-corrected chi connectivity index (χ2v) is 8.98. The summed E-state index contributed by atoms with van der Waals surface area (Å²) >= 11 is 0. The molecule has 0 bridgehead atoms. The molecule has 31 heavy (non-hydrogen) atoms. The molecule has 2 aromatic carbocycles. The Kier molecular flexibility index (Phi) is 4.96. The van der Waals surface area contributed by atoms with Crippen LogP contribution in [0.25, 0.3) is 22.3 Å². The highest BCUT2D eigenvalue weighted by Crippen LogP contribution is 2.46. The molecule has 1 aromatic heterocycles. The van der Waals surface area contributed by atoms with Gasteiger partial charge in [-0.1, -0.05) is 25.5 Å². The first-order valence-corrected chi connectivity index (χ1v) is 10.3. The summed E-state index contributed by atoms with van der Waals surface area (Å²) in [6, 6.07) is 7.10. The fourth-order valence-electron chi connectivity index (χ4n) is 4.61. The second kappa shape index (κ2) is 7.38. The summed E-state index contributed by atoms with van der Waals surface area (Å²) in [5.41, 5.74) is 1.000. The predicted octanol–water partition coefficient (Wildman–Crippen LogP) is 5.21. The molecule has 4 rings (SSSR count). The summed E-state index contributed by atoms with van der Waals surface area (Å²) in [5, 5.41) is 41.4. The van der Waals surface area contributed by atoms with Crippen molar-refractivity contribution in [3.8, 4) is 34.3 Å². The molecule has 6 nitrogen and oxygen atoms in total. The van der Waals surface area contributed by atoms with Gasteiger partial charge in [0.05, 0.1) is 0 Å². The third-order valence-corrected chi connectivity index (χ3v) is 6.50. The molecule has 0 amide bonds. The van der Waals surface area contributed by atoms with Crippen LogP contribution in [0.2, 0.25) is 0 Å². The lowest BCUT2D eigenvalue weighted by Crippen LogP contribution is -2.29. The minimum atomic E-state index is -0.779. The quantitative estimate of drug-likeness (QED) is 0.431. The lowest BCUT2D eigenvalue weighted by Gasteiger charge is -2.38. The first-order chi connectivity index (χ1) is 14.6.